The summed E-state index contributed by atoms with van der Waals surface area (Å²) in [5.74, 6) is -0.914. The number of carboxylic acid groups (broad SMARTS) is 1. The van der Waals surface area contributed by atoms with Crippen molar-refractivity contribution in [1.29, 1.82) is 0 Å². The van der Waals surface area contributed by atoms with Crippen molar-refractivity contribution in [2.24, 2.45) is 0 Å². The van der Waals surface area contributed by atoms with Gasteiger partial charge in [-0.05, 0) is 18.6 Å². The van der Waals surface area contributed by atoms with E-state index in [1.54, 1.807) is 18.2 Å². The monoisotopic (exact) mass is 258 g/mol. The predicted octanol–water partition coefficient (Wildman–Crippen LogP) is 1.33. The number of hydrogen-bond donors (Lipinski definition) is 1. The molecule has 0 saturated heterocycles. The van der Waals surface area contributed by atoms with E-state index in [-0.39, 0.29) is 29.2 Å². The van der Waals surface area contributed by atoms with Crippen molar-refractivity contribution in [3.8, 4) is 5.75 Å². The maximum atomic E-state index is 11.9. The van der Waals surface area contributed by atoms with E-state index >= 15 is 0 Å². The minimum atomic E-state index is -3.49. The number of aliphatic carboxylic acids is 1. The Morgan fingerprint density at radius 2 is 2.00 bits per heavy atom. The third-order valence-corrected chi connectivity index (χ3v) is 4.04. The van der Waals surface area contributed by atoms with Gasteiger partial charge in [0.25, 0.3) is 0 Å². The SMILES string of the molecule is COc1ccccc1S(=O)(=O)CCCC(=O)O. The Morgan fingerprint density at radius 3 is 2.59 bits per heavy atom. The Labute approximate surface area is 100.0 Å². The Balaban J connectivity index is 2.86. The minimum Gasteiger partial charge on any atom is -0.495 e. The lowest BCUT2D eigenvalue weighted by Gasteiger charge is -2.08. The van der Waals surface area contributed by atoms with E-state index in [1.807, 2.05) is 0 Å². The minimum absolute atomic E-state index is 0.0930. The van der Waals surface area contributed by atoms with Gasteiger partial charge in [0.1, 0.15) is 10.6 Å². The van der Waals surface area contributed by atoms with Crippen molar-refractivity contribution in [1.82, 2.24) is 0 Å². The van der Waals surface area contributed by atoms with Crippen LogP contribution in [0.2, 0.25) is 0 Å². The molecule has 0 aliphatic rings. The first-order valence-corrected chi connectivity index (χ1v) is 6.70. The van der Waals surface area contributed by atoms with Gasteiger partial charge in [0.2, 0.25) is 0 Å². The summed E-state index contributed by atoms with van der Waals surface area (Å²) in [5.41, 5.74) is 0. The molecular formula is C11H14O5S. The quantitative estimate of drug-likeness (QED) is 0.832. The highest BCUT2D eigenvalue weighted by atomic mass is 32.2. The first-order valence-electron chi connectivity index (χ1n) is 5.05. The highest BCUT2D eigenvalue weighted by Crippen LogP contribution is 2.24. The second-order valence-corrected chi connectivity index (χ2v) is 5.54. The van der Waals surface area contributed by atoms with E-state index in [1.165, 1.54) is 13.2 Å². The normalized spacial score (nSPS) is 11.1. The van der Waals surface area contributed by atoms with Crippen LogP contribution in [-0.4, -0.2) is 32.4 Å². The molecule has 0 atom stereocenters. The van der Waals surface area contributed by atoms with Crippen LogP contribution in [0.25, 0.3) is 0 Å². The Bertz CT molecular complexity index is 492. The number of carboxylic acids is 1. The fraction of sp³-hybridized carbons (Fsp3) is 0.364. The molecule has 0 aliphatic heterocycles. The molecule has 0 spiro atoms. The second-order valence-electron chi connectivity index (χ2n) is 3.47. The molecule has 0 fully saturated rings. The van der Waals surface area contributed by atoms with Gasteiger partial charge < -0.3 is 9.84 Å². The van der Waals surface area contributed by atoms with Crippen LogP contribution in [-0.2, 0) is 14.6 Å². The van der Waals surface area contributed by atoms with E-state index in [0.29, 0.717) is 0 Å². The summed E-state index contributed by atoms with van der Waals surface area (Å²) in [6, 6.07) is 6.29. The van der Waals surface area contributed by atoms with Gasteiger partial charge >= 0.3 is 5.97 Å². The van der Waals surface area contributed by atoms with Crippen molar-refractivity contribution in [2.45, 2.75) is 17.7 Å². The number of para-hydroxylation sites is 1. The van der Waals surface area contributed by atoms with E-state index in [4.69, 9.17) is 9.84 Å². The van der Waals surface area contributed by atoms with Crippen molar-refractivity contribution in [3.05, 3.63) is 24.3 Å². The van der Waals surface area contributed by atoms with E-state index < -0.39 is 15.8 Å². The fourth-order valence-electron chi connectivity index (χ4n) is 1.40. The number of sulfone groups is 1. The number of rotatable bonds is 6. The van der Waals surface area contributed by atoms with Gasteiger partial charge in [0, 0.05) is 6.42 Å². The maximum absolute atomic E-state index is 11.9. The summed E-state index contributed by atoms with van der Waals surface area (Å²) in [4.78, 5) is 10.4. The number of methoxy groups -OCH3 is 1. The molecule has 1 N–H and O–H groups in total. The zero-order valence-electron chi connectivity index (χ0n) is 9.42. The lowest BCUT2D eigenvalue weighted by molar-refractivity contribution is -0.137. The molecule has 5 nitrogen and oxygen atoms in total. The van der Waals surface area contributed by atoms with Gasteiger partial charge in [0.05, 0.1) is 12.9 Å². The Hall–Kier alpha value is -1.56. The number of benzene rings is 1. The van der Waals surface area contributed by atoms with Gasteiger partial charge in [-0.25, -0.2) is 8.42 Å². The highest BCUT2D eigenvalue weighted by molar-refractivity contribution is 7.91. The van der Waals surface area contributed by atoms with E-state index in [2.05, 4.69) is 0 Å². The molecule has 94 valence electrons. The van der Waals surface area contributed by atoms with Crippen molar-refractivity contribution < 1.29 is 23.1 Å². The van der Waals surface area contributed by atoms with Gasteiger partial charge in [0.15, 0.2) is 9.84 Å². The standard InChI is InChI=1S/C11H14O5S/c1-16-9-5-2-3-6-10(9)17(14,15)8-4-7-11(12)13/h2-3,5-6H,4,7-8H2,1H3,(H,12,13). The first-order chi connectivity index (χ1) is 7.97. The van der Waals surface area contributed by atoms with E-state index in [9.17, 15) is 13.2 Å². The summed E-state index contributed by atoms with van der Waals surface area (Å²) in [5, 5.41) is 8.46. The first kappa shape index (κ1) is 13.5. The molecule has 17 heavy (non-hydrogen) atoms. The second kappa shape index (κ2) is 5.67. The van der Waals surface area contributed by atoms with E-state index in [0.717, 1.165) is 0 Å². The largest absolute Gasteiger partial charge is 0.495 e. The van der Waals surface area contributed by atoms with Gasteiger partial charge in [-0.3, -0.25) is 4.79 Å². The molecular weight excluding hydrogens is 244 g/mol. The van der Waals surface area contributed by atoms with Crippen LogP contribution in [0.5, 0.6) is 5.75 Å². The summed E-state index contributed by atoms with van der Waals surface area (Å²) in [6.45, 7) is 0. The third kappa shape index (κ3) is 3.74. The molecule has 1 rings (SSSR count). The molecule has 0 radical (unpaired) electrons. The number of ether oxygens (including phenoxy) is 1. The van der Waals surface area contributed by atoms with Crippen LogP contribution in [0.4, 0.5) is 0 Å². The Morgan fingerprint density at radius 1 is 1.35 bits per heavy atom. The van der Waals surface area contributed by atoms with Gasteiger partial charge in [-0.2, -0.15) is 0 Å². The zero-order chi connectivity index (χ0) is 12.9. The molecule has 1 aromatic rings. The Kier molecular flexibility index (Phi) is 4.51. The van der Waals surface area contributed by atoms with Crippen LogP contribution >= 0.6 is 0 Å². The number of carbonyl (C=O) groups is 1. The molecule has 0 aliphatic carbocycles. The summed E-state index contributed by atoms with van der Waals surface area (Å²) in [6.07, 6.45) is -0.0654. The average molecular weight is 258 g/mol. The molecule has 0 aromatic heterocycles. The van der Waals surface area contributed by atoms with Gasteiger partial charge in [-0.15, -0.1) is 0 Å². The topological polar surface area (TPSA) is 80.7 Å². The van der Waals surface area contributed by atoms with Gasteiger partial charge in [-0.1, -0.05) is 12.1 Å². The number of hydrogen-bond acceptors (Lipinski definition) is 4. The summed E-state index contributed by atoms with van der Waals surface area (Å²) >= 11 is 0. The summed E-state index contributed by atoms with van der Waals surface area (Å²) < 4.78 is 28.8. The zero-order valence-corrected chi connectivity index (χ0v) is 10.2. The maximum Gasteiger partial charge on any atom is 0.303 e. The molecule has 0 bridgehead atoms. The predicted molar refractivity (Wildman–Crippen MR) is 61.9 cm³/mol. The third-order valence-electron chi connectivity index (χ3n) is 2.21. The van der Waals surface area contributed by atoms with Crippen LogP contribution < -0.4 is 4.74 Å². The smallest absolute Gasteiger partial charge is 0.303 e. The molecule has 0 unspecified atom stereocenters. The van der Waals surface area contributed by atoms with Crippen LogP contribution in [0.15, 0.2) is 29.2 Å². The van der Waals surface area contributed by atoms with Crippen LogP contribution in [0, 0.1) is 0 Å². The average Bonchev–Trinajstić information content (AvgIpc) is 2.28. The van der Waals surface area contributed by atoms with Crippen LogP contribution in [0.3, 0.4) is 0 Å². The highest BCUT2D eigenvalue weighted by Gasteiger charge is 2.18. The van der Waals surface area contributed by atoms with Crippen molar-refractivity contribution in [2.75, 3.05) is 12.9 Å². The van der Waals surface area contributed by atoms with Crippen LogP contribution in [0.1, 0.15) is 12.8 Å². The molecule has 0 amide bonds. The molecule has 6 heteroatoms. The van der Waals surface area contributed by atoms with Crippen molar-refractivity contribution >= 4 is 15.8 Å². The molecule has 1 aromatic carbocycles. The fourth-order valence-corrected chi connectivity index (χ4v) is 2.89. The lowest BCUT2D eigenvalue weighted by Crippen LogP contribution is -2.10. The van der Waals surface area contributed by atoms with Crippen molar-refractivity contribution in [3.63, 3.8) is 0 Å². The summed E-state index contributed by atoms with van der Waals surface area (Å²) in [7, 11) is -2.09. The lowest BCUT2D eigenvalue weighted by atomic mass is 10.3. The molecule has 0 heterocycles. The molecule has 0 saturated carbocycles.